The Morgan fingerprint density at radius 3 is 2.55 bits per heavy atom. The predicted octanol–water partition coefficient (Wildman–Crippen LogP) is 2.73. The first-order valence-electron chi connectivity index (χ1n) is 4.85. The third kappa shape index (κ3) is 2.48. The fraction of sp³-hybridized carbons (Fsp3) is 1.00. The lowest BCUT2D eigenvalue weighted by atomic mass is 9.80. The van der Waals surface area contributed by atoms with Gasteiger partial charge in [-0.1, -0.05) is 32.6 Å². The molecule has 1 heteroatoms. The zero-order chi connectivity index (χ0) is 8.32. The van der Waals surface area contributed by atoms with Gasteiger partial charge < -0.3 is 5.11 Å². The van der Waals surface area contributed by atoms with E-state index in [9.17, 15) is 5.11 Å². The molecule has 1 rings (SSSR count). The zero-order valence-corrected chi connectivity index (χ0v) is 7.77. The van der Waals surface area contributed by atoms with Crippen LogP contribution >= 0.6 is 0 Å². The topological polar surface area (TPSA) is 20.2 Å². The maximum Gasteiger partial charge on any atom is 0.0645 e. The average Bonchev–Trinajstić information content (AvgIpc) is 1.93. The molecular formula is C10H20O. The zero-order valence-electron chi connectivity index (χ0n) is 7.77. The van der Waals surface area contributed by atoms with E-state index in [1.54, 1.807) is 0 Å². The van der Waals surface area contributed by atoms with E-state index in [1.165, 1.54) is 32.1 Å². The van der Waals surface area contributed by atoms with Gasteiger partial charge in [-0.25, -0.2) is 0 Å². The first-order valence-corrected chi connectivity index (χ1v) is 4.85. The summed E-state index contributed by atoms with van der Waals surface area (Å²) in [5.41, 5.74) is -0.388. The summed E-state index contributed by atoms with van der Waals surface area (Å²) < 4.78 is 0. The lowest BCUT2D eigenvalue weighted by Gasteiger charge is -2.32. The molecule has 1 N–H and O–H groups in total. The Kier molecular flexibility index (Phi) is 2.94. The summed E-state index contributed by atoms with van der Waals surface area (Å²) >= 11 is 0. The highest BCUT2D eigenvalue weighted by Crippen LogP contribution is 2.30. The van der Waals surface area contributed by atoms with Gasteiger partial charge in [-0.2, -0.15) is 0 Å². The summed E-state index contributed by atoms with van der Waals surface area (Å²) in [4.78, 5) is 0. The second-order valence-corrected chi connectivity index (χ2v) is 4.21. The van der Waals surface area contributed by atoms with Gasteiger partial charge in [-0.15, -0.1) is 0 Å². The van der Waals surface area contributed by atoms with Crippen LogP contribution in [0.15, 0.2) is 0 Å². The Balaban J connectivity index is 2.47. The smallest absolute Gasteiger partial charge is 0.0645 e. The molecular weight excluding hydrogens is 136 g/mol. The van der Waals surface area contributed by atoms with Gasteiger partial charge in [0.2, 0.25) is 0 Å². The largest absolute Gasteiger partial charge is 0.390 e. The molecule has 0 spiro atoms. The van der Waals surface area contributed by atoms with Crippen LogP contribution < -0.4 is 0 Å². The fourth-order valence-electron chi connectivity index (χ4n) is 1.84. The van der Waals surface area contributed by atoms with Crippen molar-refractivity contribution < 1.29 is 5.11 Å². The standard InChI is InChI=1S/C10H20O/c1-9-7-5-3-4-6-8-10(9,2)11/h9,11H,3-8H2,1-2H3/t9-,10-/m0/s1. The Labute approximate surface area is 69.8 Å². The van der Waals surface area contributed by atoms with Crippen LogP contribution in [0, 0.1) is 5.92 Å². The van der Waals surface area contributed by atoms with Crippen LogP contribution in [-0.4, -0.2) is 10.7 Å². The van der Waals surface area contributed by atoms with Gasteiger partial charge in [0.1, 0.15) is 0 Å². The average molecular weight is 156 g/mol. The maximum absolute atomic E-state index is 9.95. The molecule has 0 radical (unpaired) electrons. The highest BCUT2D eigenvalue weighted by atomic mass is 16.3. The first-order chi connectivity index (χ1) is 5.13. The van der Waals surface area contributed by atoms with Gasteiger partial charge in [-0.3, -0.25) is 0 Å². The molecule has 1 fully saturated rings. The van der Waals surface area contributed by atoms with E-state index in [2.05, 4.69) is 6.92 Å². The van der Waals surface area contributed by atoms with Crippen molar-refractivity contribution in [3.63, 3.8) is 0 Å². The molecule has 0 saturated heterocycles. The maximum atomic E-state index is 9.95. The number of rotatable bonds is 0. The van der Waals surface area contributed by atoms with Gasteiger partial charge in [0.05, 0.1) is 5.60 Å². The second-order valence-electron chi connectivity index (χ2n) is 4.21. The minimum absolute atomic E-state index is 0.388. The van der Waals surface area contributed by atoms with Gasteiger partial charge in [0, 0.05) is 0 Å². The summed E-state index contributed by atoms with van der Waals surface area (Å²) in [5.74, 6) is 0.489. The van der Waals surface area contributed by atoms with Gasteiger partial charge in [0.25, 0.3) is 0 Å². The van der Waals surface area contributed by atoms with E-state index in [4.69, 9.17) is 0 Å². The highest BCUT2D eigenvalue weighted by Gasteiger charge is 2.28. The van der Waals surface area contributed by atoms with Crippen molar-refractivity contribution in [3.8, 4) is 0 Å². The summed E-state index contributed by atoms with van der Waals surface area (Å²) in [6.45, 7) is 4.16. The fourth-order valence-corrected chi connectivity index (χ4v) is 1.84. The summed E-state index contributed by atoms with van der Waals surface area (Å²) in [7, 11) is 0. The lowest BCUT2D eigenvalue weighted by molar-refractivity contribution is -0.0120. The minimum atomic E-state index is -0.388. The Hall–Kier alpha value is -0.0400. The predicted molar refractivity (Wildman–Crippen MR) is 47.5 cm³/mol. The van der Waals surface area contributed by atoms with E-state index in [0.29, 0.717) is 5.92 Å². The second kappa shape index (κ2) is 3.57. The Morgan fingerprint density at radius 2 is 1.82 bits per heavy atom. The summed E-state index contributed by atoms with van der Waals surface area (Å²) in [6, 6.07) is 0. The monoisotopic (exact) mass is 156 g/mol. The SMILES string of the molecule is C[C@H]1CCCCCC[C@]1(C)O. The van der Waals surface area contributed by atoms with Crippen molar-refractivity contribution in [1.82, 2.24) is 0 Å². The molecule has 0 aromatic carbocycles. The van der Waals surface area contributed by atoms with Crippen molar-refractivity contribution >= 4 is 0 Å². The molecule has 0 bridgehead atoms. The van der Waals surface area contributed by atoms with Crippen LogP contribution in [0.2, 0.25) is 0 Å². The van der Waals surface area contributed by atoms with Crippen molar-refractivity contribution in [2.24, 2.45) is 5.92 Å². The molecule has 0 unspecified atom stereocenters. The van der Waals surface area contributed by atoms with Crippen molar-refractivity contribution in [2.75, 3.05) is 0 Å². The van der Waals surface area contributed by atoms with Crippen LogP contribution in [-0.2, 0) is 0 Å². The molecule has 0 aromatic heterocycles. The van der Waals surface area contributed by atoms with E-state index in [-0.39, 0.29) is 5.60 Å². The Morgan fingerprint density at radius 1 is 1.18 bits per heavy atom. The normalized spacial score (nSPS) is 41.2. The lowest BCUT2D eigenvalue weighted by Crippen LogP contribution is -2.33. The van der Waals surface area contributed by atoms with Crippen LogP contribution in [0.1, 0.15) is 52.4 Å². The molecule has 66 valence electrons. The van der Waals surface area contributed by atoms with Crippen LogP contribution in [0.3, 0.4) is 0 Å². The van der Waals surface area contributed by atoms with Gasteiger partial charge in [-0.05, 0) is 25.7 Å². The minimum Gasteiger partial charge on any atom is -0.390 e. The number of aliphatic hydroxyl groups is 1. The highest BCUT2D eigenvalue weighted by molar-refractivity contribution is 4.80. The molecule has 0 aromatic rings. The Bertz CT molecular complexity index is 118. The third-order valence-corrected chi connectivity index (χ3v) is 3.13. The first kappa shape index (κ1) is 9.05. The van der Waals surface area contributed by atoms with E-state index < -0.39 is 0 Å². The van der Waals surface area contributed by atoms with Crippen molar-refractivity contribution in [3.05, 3.63) is 0 Å². The molecule has 0 aliphatic heterocycles. The number of hydrogen-bond acceptors (Lipinski definition) is 1. The van der Waals surface area contributed by atoms with Crippen molar-refractivity contribution in [1.29, 1.82) is 0 Å². The molecule has 1 aliphatic carbocycles. The molecule has 1 aliphatic rings. The van der Waals surface area contributed by atoms with Crippen LogP contribution in [0.4, 0.5) is 0 Å². The molecule has 1 saturated carbocycles. The third-order valence-electron chi connectivity index (χ3n) is 3.13. The molecule has 2 atom stereocenters. The van der Waals surface area contributed by atoms with E-state index in [0.717, 1.165) is 6.42 Å². The summed E-state index contributed by atoms with van der Waals surface area (Å²) in [5, 5.41) is 9.95. The molecule has 0 heterocycles. The van der Waals surface area contributed by atoms with Crippen LogP contribution in [0.25, 0.3) is 0 Å². The molecule has 0 amide bonds. The van der Waals surface area contributed by atoms with Gasteiger partial charge in [0.15, 0.2) is 0 Å². The van der Waals surface area contributed by atoms with E-state index >= 15 is 0 Å². The molecule has 1 nitrogen and oxygen atoms in total. The van der Waals surface area contributed by atoms with E-state index in [1.807, 2.05) is 6.92 Å². The quantitative estimate of drug-likeness (QED) is 0.571. The van der Waals surface area contributed by atoms with Crippen molar-refractivity contribution in [2.45, 2.75) is 58.0 Å². The van der Waals surface area contributed by atoms with Crippen LogP contribution in [0.5, 0.6) is 0 Å². The number of hydrogen-bond donors (Lipinski definition) is 1. The summed E-state index contributed by atoms with van der Waals surface area (Å²) in [6.07, 6.45) is 7.37. The molecule has 11 heavy (non-hydrogen) atoms. The van der Waals surface area contributed by atoms with Gasteiger partial charge >= 0.3 is 0 Å².